The summed E-state index contributed by atoms with van der Waals surface area (Å²) >= 11 is 0. The number of halogens is 3. The number of aryl methyl sites for hydroxylation is 1. The Morgan fingerprint density at radius 3 is 2.79 bits per heavy atom. The van der Waals surface area contributed by atoms with Crippen molar-refractivity contribution < 1.29 is 8.78 Å². The zero-order valence-electron chi connectivity index (χ0n) is 16.5. The first-order chi connectivity index (χ1) is 13.0. The number of aromatic nitrogens is 2. The summed E-state index contributed by atoms with van der Waals surface area (Å²) in [7, 11) is 0. The third kappa shape index (κ3) is 5.65. The molecule has 2 N–H and O–H groups in total. The van der Waals surface area contributed by atoms with Gasteiger partial charge in [-0.1, -0.05) is 6.07 Å². The maximum absolute atomic E-state index is 13.4. The van der Waals surface area contributed by atoms with E-state index in [2.05, 4.69) is 35.7 Å². The lowest BCUT2D eigenvalue weighted by atomic mass is 9.94. The molecule has 0 spiro atoms. The Labute approximate surface area is 182 Å². The molecule has 8 heteroatoms. The van der Waals surface area contributed by atoms with Crippen LogP contribution in [-0.2, 0) is 19.4 Å². The van der Waals surface area contributed by atoms with E-state index in [1.165, 1.54) is 11.6 Å². The van der Waals surface area contributed by atoms with Gasteiger partial charge in [-0.3, -0.25) is 4.68 Å². The van der Waals surface area contributed by atoms with E-state index in [9.17, 15) is 8.78 Å². The van der Waals surface area contributed by atoms with E-state index in [4.69, 9.17) is 5.10 Å². The molecule has 0 amide bonds. The number of hydrogen-bond acceptors (Lipinski definition) is 2. The molecule has 1 unspecified atom stereocenters. The molecule has 0 bridgehead atoms. The summed E-state index contributed by atoms with van der Waals surface area (Å²) in [5, 5.41) is 11.4. The summed E-state index contributed by atoms with van der Waals surface area (Å²) in [5.74, 6) is -1.01. The van der Waals surface area contributed by atoms with Gasteiger partial charge in [-0.15, -0.1) is 24.0 Å². The van der Waals surface area contributed by atoms with Gasteiger partial charge in [0.2, 0.25) is 0 Å². The van der Waals surface area contributed by atoms with Crippen LogP contribution in [0.4, 0.5) is 8.78 Å². The minimum atomic E-state index is -0.846. The van der Waals surface area contributed by atoms with Gasteiger partial charge in [0.05, 0.1) is 12.2 Å². The van der Waals surface area contributed by atoms with Gasteiger partial charge < -0.3 is 10.6 Å². The molecule has 1 aromatic carbocycles. The molecule has 0 fully saturated rings. The first-order valence-corrected chi connectivity index (χ1v) is 9.52. The number of nitrogens with one attached hydrogen (secondary N) is 2. The second kappa shape index (κ2) is 10.2. The van der Waals surface area contributed by atoms with Gasteiger partial charge in [0, 0.05) is 31.2 Å². The van der Waals surface area contributed by atoms with E-state index in [0.29, 0.717) is 17.6 Å². The number of aliphatic imine (C=N–C) groups is 1. The third-order valence-electron chi connectivity index (χ3n) is 4.71. The van der Waals surface area contributed by atoms with Gasteiger partial charge >= 0.3 is 0 Å². The summed E-state index contributed by atoms with van der Waals surface area (Å²) in [4.78, 5) is 4.52. The van der Waals surface area contributed by atoms with Crippen LogP contribution in [0.5, 0.6) is 0 Å². The summed E-state index contributed by atoms with van der Waals surface area (Å²) in [6.07, 6.45) is 5.00. The maximum Gasteiger partial charge on any atom is 0.191 e. The molecule has 0 aliphatic heterocycles. The number of guanidine groups is 1. The topological polar surface area (TPSA) is 54.2 Å². The second-order valence-electron chi connectivity index (χ2n) is 7.20. The van der Waals surface area contributed by atoms with Crippen molar-refractivity contribution >= 4 is 29.9 Å². The van der Waals surface area contributed by atoms with E-state index in [1.807, 2.05) is 11.6 Å². The van der Waals surface area contributed by atoms with Crippen molar-refractivity contribution in [3.63, 3.8) is 0 Å². The highest BCUT2D eigenvalue weighted by molar-refractivity contribution is 14.0. The number of nitrogens with zero attached hydrogens (tertiary/aromatic N) is 3. The van der Waals surface area contributed by atoms with Crippen LogP contribution in [0.3, 0.4) is 0 Å². The predicted molar refractivity (Wildman–Crippen MR) is 118 cm³/mol. The highest BCUT2D eigenvalue weighted by Crippen LogP contribution is 2.21. The van der Waals surface area contributed by atoms with Crippen LogP contribution in [0, 0.1) is 11.6 Å². The average Bonchev–Trinajstić information content (AvgIpc) is 3.06. The van der Waals surface area contributed by atoms with Crippen LogP contribution in [-0.4, -0.2) is 28.3 Å². The summed E-state index contributed by atoms with van der Waals surface area (Å²) in [6.45, 7) is 7.26. The van der Waals surface area contributed by atoms with E-state index in [0.717, 1.165) is 37.6 Å². The Balaban J connectivity index is 0.00000280. The molecular formula is C20H28F2IN5. The Hall–Kier alpha value is -1.71. The van der Waals surface area contributed by atoms with Gasteiger partial charge in [-0.05, 0) is 56.9 Å². The lowest BCUT2D eigenvalue weighted by molar-refractivity contribution is 0.499. The van der Waals surface area contributed by atoms with Gasteiger partial charge in [-0.2, -0.15) is 5.10 Å². The monoisotopic (exact) mass is 503 g/mol. The number of hydrogen-bond donors (Lipinski definition) is 2. The molecular weight excluding hydrogens is 475 g/mol. The summed E-state index contributed by atoms with van der Waals surface area (Å²) in [5.41, 5.74) is 3.10. The van der Waals surface area contributed by atoms with Crippen molar-refractivity contribution in [1.82, 2.24) is 20.4 Å². The fourth-order valence-corrected chi connectivity index (χ4v) is 3.22. The van der Waals surface area contributed by atoms with Gasteiger partial charge in [0.25, 0.3) is 0 Å². The zero-order valence-corrected chi connectivity index (χ0v) is 18.8. The normalized spacial score (nSPS) is 16.5. The average molecular weight is 503 g/mol. The van der Waals surface area contributed by atoms with Crippen LogP contribution in [0.1, 0.15) is 50.1 Å². The molecule has 3 rings (SSSR count). The van der Waals surface area contributed by atoms with Crippen LogP contribution < -0.4 is 10.6 Å². The van der Waals surface area contributed by atoms with Crippen molar-refractivity contribution in [2.75, 3.05) is 6.54 Å². The lowest BCUT2D eigenvalue weighted by Gasteiger charge is -2.24. The minimum absolute atomic E-state index is 0. The van der Waals surface area contributed by atoms with Gasteiger partial charge in [0.1, 0.15) is 0 Å². The number of rotatable bonds is 5. The van der Waals surface area contributed by atoms with Crippen molar-refractivity contribution in [2.45, 2.75) is 58.7 Å². The fraction of sp³-hybridized carbons (Fsp3) is 0.500. The third-order valence-corrected chi connectivity index (χ3v) is 4.71. The van der Waals surface area contributed by atoms with Crippen LogP contribution in [0.15, 0.2) is 29.4 Å². The molecule has 1 atom stereocenters. The molecule has 1 aliphatic rings. The lowest BCUT2D eigenvalue weighted by Crippen LogP contribution is -2.45. The maximum atomic E-state index is 13.4. The molecule has 2 aromatic rings. The van der Waals surface area contributed by atoms with Gasteiger partial charge in [0.15, 0.2) is 17.6 Å². The molecule has 0 saturated heterocycles. The highest BCUT2D eigenvalue weighted by atomic mass is 127. The van der Waals surface area contributed by atoms with Crippen molar-refractivity contribution in [1.29, 1.82) is 0 Å². The largest absolute Gasteiger partial charge is 0.357 e. The van der Waals surface area contributed by atoms with E-state index in [1.54, 1.807) is 6.07 Å². The Bertz CT molecular complexity index is 819. The quantitative estimate of drug-likeness (QED) is 0.369. The molecule has 5 nitrogen and oxygen atoms in total. The van der Waals surface area contributed by atoms with E-state index >= 15 is 0 Å². The Morgan fingerprint density at radius 2 is 2.11 bits per heavy atom. The fourth-order valence-electron chi connectivity index (χ4n) is 3.22. The Kier molecular flexibility index (Phi) is 8.21. The molecule has 154 valence electrons. The smallest absolute Gasteiger partial charge is 0.191 e. The predicted octanol–water partition coefficient (Wildman–Crippen LogP) is 3.97. The standard InChI is InChI=1S/C20H27F2N5.HI/c1-4-23-20(24-11-14-5-8-17(21)18(22)9-14)25-16-7-6-15-12-27(13(2)3)26-19(15)10-16;/h5,8-9,12-13,16H,4,6-7,10-11H2,1-3H3,(H2,23,24,25);1H. The first kappa shape index (κ1) is 22.6. The van der Waals surface area contributed by atoms with Crippen LogP contribution >= 0.6 is 24.0 Å². The molecule has 1 aromatic heterocycles. The zero-order chi connectivity index (χ0) is 19.4. The second-order valence-corrected chi connectivity index (χ2v) is 7.20. The molecule has 0 saturated carbocycles. The SMILES string of the molecule is CCNC(=NCc1ccc(F)c(F)c1)NC1CCc2cn(C(C)C)nc2C1.I. The van der Waals surface area contributed by atoms with Crippen LogP contribution in [0.2, 0.25) is 0 Å². The first-order valence-electron chi connectivity index (χ1n) is 9.52. The van der Waals surface area contributed by atoms with Gasteiger partial charge in [-0.25, -0.2) is 13.8 Å². The minimum Gasteiger partial charge on any atom is -0.357 e. The molecule has 28 heavy (non-hydrogen) atoms. The van der Waals surface area contributed by atoms with Crippen molar-refractivity contribution in [3.05, 3.63) is 52.9 Å². The summed E-state index contributed by atoms with van der Waals surface area (Å²) in [6, 6.07) is 4.48. The highest BCUT2D eigenvalue weighted by Gasteiger charge is 2.23. The van der Waals surface area contributed by atoms with Crippen molar-refractivity contribution in [3.8, 4) is 0 Å². The van der Waals surface area contributed by atoms with E-state index < -0.39 is 11.6 Å². The van der Waals surface area contributed by atoms with Crippen LogP contribution in [0.25, 0.3) is 0 Å². The molecule has 1 aliphatic carbocycles. The molecule has 0 radical (unpaired) electrons. The number of benzene rings is 1. The Morgan fingerprint density at radius 1 is 1.32 bits per heavy atom. The van der Waals surface area contributed by atoms with Crippen molar-refractivity contribution in [2.24, 2.45) is 4.99 Å². The molecule has 1 heterocycles. The summed E-state index contributed by atoms with van der Waals surface area (Å²) < 4.78 is 28.4. The number of fused-ring (bicyclic) bond motifs is 1. The van der Waals surface area contributed by atoms with E-state index in [-0.39, 0.29) is 36.6 Å².